The molecule has 0 spiro atoms. The van der Waals surface area contributed by atoms with Crippen molar-refractivity contribution in [3.8, 4) is 0 Å². The van der Waals surface area contributed by atoms with Gasteiger partial charge in [0, 0.05) is 29.9 Å². The molecular formula is C26H36N6O9. The number of carboxylic acids is 3. The largest absolute Gasteiger partial charge is 0.481 e. The van der Waals surface area contributed by atoms with E-state index in [-0.39, 0.29) is 25.7 Å². The molecule has 0 aliphatic carbocycles. The maximum Gasteiger partial charge on any atom is 0.326 e. The Morgan fingerprint density at radius 2 is 1.44 bits per heavy atom. The fraction of sp³-hybridized carbons (Fsp3) is 0.462. The lowest BCUT2D eigenvalue weighted by Crippen LogP contribution is -2.58. The van der Waals surface area contributed by atoms with Gasteiger partial charge in [0.25, 0.3) is 0 Å². The van der Waals surface area contributed by atoms with E-state index >= 15 is 0 Å². The number of unbranched alkanes of at least 4 members (excludes halogenated alkanes) is 1. The third kappa shape index (κ3) is 10.5. The van der Waals surface area contributed by atoms with Crippen molar-refractivity contribution < 1.29 is 44.1 Å². The second-order valence-corrected chi connectivity index (χ2v) is 9.51. The monoisotopic (exact) mass is 576 g/mol. The lowest BCUT2D eigenvalue weighted by Gasteiger charge is -2.24. The number of carbonyl (C=O) groups is 6. The normalized spacial score (nSPS) is 13.9. The third-order valence-electron chi connectivity index (χ3n) is 6.31. The SMILES string of the molecule is NCCCCC(NC(=O)C(CC(=O)O)NC(=O)C(Cc1c[nH]c2ccccc12)NC(=O)C(N)CCC(=O)O)C(=O)O. The second kappa shape index (κ2) is 15.9. The van der Waals surface area contributed by atoms with Crippen molar-refractivity contribution in [2.45, 2.75) is 69.1 Å². The molecule has 0 saturated heterocycles. The lowest BCUT2D eigenvalue weighted by molar-refractivity contribution is -0.144. The first-order chi connectivity index (χ1) is 19.4. The number of hydrogen-bond acceptors (Lipinski definition) is 8. The van der Waals surface area contributed by atoms with Gasteiger partial charge in [0.05, 0.1) is 12.5 Å². The fourth-order valence-corrected chi connectivity index (χ4v) is 4.10. The van der Waals surface area contributed by atoms with E-state index in [0.29, 0.717) is 24.9 Å². The molecule has 4 atom stereocenters. The van der Waals surface area contributed by atoms with Gasteiger partial charge in [-0.05, 0) is 43.9 Å². The van der Waals surface area contributed by atoms with E-state index < -0.39 is 66.2 Å². The van der Waals surface area contributed by atoms with Crippen molar-refractivity contribution in [1.82, 2.24) is 20.9 Å². The molecule has 11 N–H and O–H groups in total. The molecule has 15 nitrogen and oxygen atoms in total. The summed E-state index contributed by atoms with van der Waals surface area (Å²) in [6.45, 7) is 0.321. The predicted octanol–water partition coefficient (Wildman–Crippen LogP) is -0.955. The van der Waals surface area contributed by atoms with Crippen LogP contribution in [0.1, 0.15) is 44.1 Å². The van der Waals surface area contributed by atoms with Crippen LogP contribution in [0.5, 0.6) is 0 Å². The van der Waals surface area contributed by atoms with Crippen LogP contribution >= 0.6 is 0 Å². The molecular weight excluding hydrogens is 540 g/mol. The molecule has 1 heterocycles. The van der Waals surface area contributed by atoms with Crippen LogP contribution in [0.3, 0.4) is 0 Å². The maximum absolute atomic E-state index is 13.4. The highest BCUT2D eigenvalue weighted by Crippen LogP contribution is 2.19. The summed E-state index contributed by atoms with van der Waals surface area (Å²) < 4.78 is 0. The number of carboxylic acid groups (broad SMARTS) is 3. The predicted molar refractivity (Wildman–Crippen MR) is 145 cm³/mol. The minimum Gasteiger partial charge on any atom is -0.481 e. The summed E-state index contributed by atoms with van der Waals surface area (Å²) in [6.07, 6.45) is 1.03. The van der Waals surface area contributed by atoms with Crippen molar-refractivity contribution in [2.24, 2.45) is 11.5 Å². The average molecular weight is 577 g/mol. The highest BCUT2D eigenvalue weighted by molar-refractivity contribution is 5.96. The van der Waals surface area contributed by atoms with E-state index in [1.54, 1.807) is 30.5 Å². The van der Waals surface area contributed by atoms with E-state index in [2.05, 4.69) is 20.9 Å². The number of nitrogens with two attached hydrogens (primary N) is 2. The third-order valence-corrected chi connectivity index (χ3v) is 6.31. The topological polar surface area (TPSA) is 267 Å². The van der Waals surface area contributed by atoms with Gasteiger partial charge < -0.3 is 47.7 Å². The molecule has 2 aromatic rings. The number of hydrogen-bond donors (Lipinski definition) is 9. The Labute approximate surface area is 235 Å². The van der Waals surface area contributed by atoms with Crippen LogP contribution < -0.4 is 27.4 Å². The molecule has 4 unspecified atom stereocenters. The Hall–Kier alpha value is -4.50. The number of amides is 3. The van der Waals surface area contributed by atoms with Crippen LogP contribution in [-0.2, 0) is 35.2 Å². The number of aromatic nitrogens is 1. The number of rotatable bonds is 18. The number of nitrogens with one attached hydrogen (secondary N) is 4. The highest BCUT2D eigenvalue weighted by atomic mass is 16.4. The molecule has 1 aromatic heterocycles. The van der Waals surface area contributed by atoms with Crippen LogP contribution in [0.4, 0.5) is 0 Å². The first-order valence-corrected chi connectivity index (χ1v) is 13.0. The Morgan fingerprint density at radius 3 is 2.07 bits per heavy atom. The van der Waals surface area contributed by atoms with Crippen LogP contribution in [-0.4, -0.2) is 86.6 Å². The molecule has 0 fully saturated rings. The molecule has 3 amide bonds. The van der Waals surface area contributed by atoms with Crippen LogP contribution in [0, 0.1) is 0 Å². The molecule has 0 aliphatic heterocycles. The van der Waals surface area contributed by atoms with Crippen LogP contribution in [0.2, 0.25) is 0 Å². The molecule has 15 heteroatoms. The molecule has 0 radical (unpaired) electrons. The summed E-state index contributed by atoms with van der Waals surface area (Å²) in [5, 5.41) is 35.5. The van der Waals surface area contributed by atoms with Gasteiger partial charge >= 0.3 is 17.9 Å². The van der Waals surface area contributed by atoms with Crippen molar-refractivity contribution in [1.29, 1.82) is 0 Å². The van der Waals surface area contributed by atoms with E-state index in [0.717, 1.165) is 10.9 Å². The van der Waals surface area contributed by atoms with Gasteiger partial charge in [-0.25, -0.2) is 4.79 Å². The van der Waals surface area contributed by atoms with E-state index in [1.165, 1.54) is 0 Å². The number of benzene rings is 1. The van der Waals surface area contributed by atoms with Crippen molar-refractivity contribution >= 4 is 46.5 Å². The number of aromatic amines is 1. The summed E-state index contributed by atoms with van der Waals surface area (Å²) in [6, 6.07) is 1.55. The zero-order valence-electron chi connectivity index (χ0n) is 22.3. The minimum atomic E-state index is -1.67. The number of carbonyl (C=O) groups excluding carboxylic acids is 3. The summed E-state index contributed by atoms with van der Waals surface area (Å²) in [4.78, 5) is 76.1. The van der Waals surface area contributed by atoms with Crippen molar-refractivity contribution in [3.05, 3.63) is 36.0 Å². The number of H-pyrrole nitrogens is 1. The summed E-state index contributed by atoms with van der Waals surface area (Å²) in [5.74, 6) is -6.71. The quantitative estimate of drug-likeness (QED) is 0.0976. The molecule has 1 aromatic carbocycles. The summed E-state index contributed by atoms with van der Waals surface area (Å²) >= 11 is 0. The smallest absolute Gasteiger partial charge is 0.326 e. The van der Waals surface area contributed by atoms with Gasteiger partial charge in [-0.3, -0.25) is 24.0 Å². The number of aliphatic carboxylic acids is 3. The van der Waals surface area contributed by atoms with E-state index in [1.807, 2.05) is 0 Å². The molecule has 0 aliphatic rings. The zero-order valence-corrected chi connectivity index (χ0v) is 22.3. The Kier molecular flexibility index (Phi) is 12.7. The molecule has 0 saturated carbocycles. The first kappa shape index (κ1) is 32.7. The van der Waals surface area contributed by atoms with Gasteiger partial charge in [-0.15, -0.1) is 0 Å². The molecule has 224 valence electrons. The highest BCUT2D eigenvalue weighted by Gasteiger charge is 2.32. The Morgan fingerprint density at radius 1 is 0.805 bits per heavy atom. The summed E-state index contributed by atoms with van der Waals surface area (Å²) in [7, 11) is 0. The zero-order chi connectivity index (χ0) is 30.5. The van der Waals surface area contributed by atoms with Gasteiger partial charge in [0.1, 0.15) is 18.1 Å². The van der Waals surface area contributed by atoms with E-state index in [9.17, 15) is 39.0 Å². The molecule has 2 rings (SSSR count). The van der Waals surface area contributed by atoms with Crippen molar-refractivity contribution in [3.63, 3.8) is 0 Å². The minimum absolute atomic E-state index is 0.0412. The Balaban J connectivity index is 2.27. The first-order valence-electron chi connectivity index (χ1n) is 13.0. The van der Waals surface area contributed by atoms with Gasteiger partial charge in [-0.2, -0.15) is 0 Å². The van der Waals surface area contributed by atoms with Gasteiger partial charge in [0.15, 0.2) is 0 Å². The second-order valence-electron chi connectivity index (χ2n) is 9.51. The molecule has 41 heavy (non-hydrogen) atoms. The Bertz CT molecular complexity index is 1250. The standard InChI is InChI=1S/C26H36N6O9/c27-10-4-3-7-18(26(40)41)30-25(39)20(12-22(35)36)32-24(38)19(31-23(37)16(28)8-9-21(33)34)11-14-13-29-17-6-2-1-5-15(14)17/h1-2,5-6,13,16,18-20,29H,3-4,7-12,27-28H2,(H,30,39)(H,31,37)(H,32,38)(H,33,34)(H,35,36)(H,40,41). The van der Waals surface area contributed by atoms with Gasteiger partial charge in [-0.1, -0.05) is 18.2 Å². The molecule has 0 bridgehead atoms. The maximum atomic E-state index is 13.4. The van der Waals surface area contributed by atoms with Crippen LogP contribution in [0.15, 0.2) is 30.5 Å². The van der Waals surface area contributed by atoms with Crippen LogP contribution in [0.25, 0.3) is 10.9 Å². The van der Waals surface area contributed by atoms with E-state index in [4.69, 9.17) is 16.6 Å². The fourth-order valence-electron chi connectivity index (χ4n) is 4.10. The van der Waals surface area contributed by atoms with Crippen molar-refractivity contribution in [2.75, 3.05) is 6.54 Å². The average Bonchev–Trinajstić information content (AvgIpc) is 3.32. The number of para-hydroxylation sites is 1. The van der Waals surface area contributed by atoms with Gasteiger partial charge in [0.2, 0.25) is 17.7 Å². The number of fused-ring (bicyclic) bond motifs is 1. The lowest BCUT2D eigenvalue weighted by atomic mass is 10.0. The summed E-state index contributed by atoms with van der Waals surface area (Å²) in [5.41, 5.74) is 12.6.